The zero-order chi connectivity index (χ0) is 20.1. The lowest BCUT2D eigenvalue weighted by atomic mass is 9.95. The molecule has 1 aromatic carbocycles. The summed E-state index contributed by atoms with van der Waals surface area (Å²) in [5.74, 6) is 2.44. The maximum Gasteiger partial charge on any atom is 0.241 e. The van der Waals surface area contributed by atoms with E-state index in [1.165, 1.54) is 11.1 Å². The van der Waals surface area contributed by atoms with E-state index < -0.39 is 0 Å². The fourth-order valence-corrected chi connectivity index (χ4v) is 3.92. The first-order valence-corrected chi connectivity index (χ1v) is 10.3. The topological polar surface area (TPSA) is 63.3 Å². The van der Waals surface area contributed by atoms with E-state index in [9.17, 15) is 4.79 Å². The van der Waals surface area contributed by atoms with Crippen LogP contribution in [0.2, 0.25) is 0 Å². The fourth-order valence-electron chi connectivity index (χ4n) is 3.92. The quantitative estimate of drug-likeness (QED) is 0.669. The van der Waals surface area contributed by atoms with E-state index in [2.05, 4.69) is 39.6 Å². The van der Waals surface area contributed by atoms with Crippen molar-refractivity contribution in [2.45, 2.75) is 32.9 Å². The third-order valence-electron chi connectivity index (χ3n) is 5.58. The van der Waals surface area contributed by atoms with Gasteiger partial charge in [-0.2, -0.15) is 5.10 Å². The van der Waals surface area contributed by atoms with Gasteiger partial charge in [-0.25, -0.2) is 0 Å². The summed E-state index contributed by atoms with van der Waals surface area (Å²) in [4.78, 5) is 14.5. The highest BCUT2D eigenvalue weighted by Crippen LogP contribution is 2.28. The molecule has 3 aromatic rings. The van der Waals surface area contributed by atoms with Gasteiger partial charge in [0.1, 0.15) is 18.1 Å². The lowest BCUT2D eigenvalue weighted by Gasteiger charge is -2.32. The molecule has 0 bridgehead atoms. The number of hydrogen-bond donors (Lipinski definition) is 1. The monoisotopic (exact) mass is 392 g/mol. The zero-order valence-corrected chi connectivity index (χ0v) is 16.9. The van der Waals surface area contributed by atoms with Gasteiger partial charge in [-0.15, -0.1) is 0 Å². The highest BCUT2D eigenvalue weighted by atomic mass is 16.3. The molecule has 6 heteroatoms. The van der Waals surface area contributed by atoms with Crippen molar-refractivity contribution in [3.8, 4) is 11.3 Å². The van der Waals surface area contributed by atoms with Crippen molar-refractivity contribution in [1.82, 2.24) is 20.0 Å². The van der Waals surface area contributed by atoms with Crippen LogP contribution < -0.4 is 5.32 Å². The Kier molecular flexibility index (Phi) is 6.10. The molecule has 1 aliphatic rings. The molecule has 29 heavy (non-hydrogen) atoms. The SMILES string of the molecule is Cc1ccc(-c2ccccc2CN2CCC(CNC(=O)Cn3cccn3)CC2)o1. The predicted octanol–water partition coefficient (Wildman–Crippen LogP) is 3.48. The Bertz CT molecular complexity index is 924. The standard InChI is InChI=1S/C23H28N4O2/c1-18-7-8-22(29-18)21-6-3-2-5-20(21)16-26-13-9-19(10-14-26)15-24-23(28)17-27-12-4-11-25-27/h2-8,11-12,19H,9-10,13-17H2,1H3,(H,24,28). The second-order valence-corrected chi connectivity index (χ2v) is 7.79. The van der Waals surface area contributed by atoms with Crippen molar-refractivity contribution in [1.29, 1.82) is 0 Å². The van der Waals surface area contributed by atoms with Crippen LogP contribution in [0.1, 0.15) is 24.2 Å². The van der Waals surface area contributed by atoms with Gasteiger partial charge in [0.15, 0.2) is 0 Å². The summed E-state index contributed by atoms with van der Waals surface area (Å²) in [6.45, 7) is 6.03. The number of aromatic nitrogens is 2. The van der Waals surface area contributed by atoms with E-state index in [1.54, 1.807) is 17.1 Å². The third kappa shape index (κ3) is 5.15. The molecule has 3 heterocycles. The van der Waals surface area contributed by atoms with Crippen LogP contribution in [-0.2, 0) is 17.9 Å². The normalized spacial score (nSPS) is 15.5. The highest BCUT2D eigenvalue weighted by Gasteiger charge is 2.21. The minimum Gasteiger partial charge on any atom is -0.461 e. The number of benzene rings is 1. The van der Waals surface area contributed by atoms with Crippen molar-refractivity contribution in [2.24, 2.45) is 5.92 Å². The molecule has 1 aliphatic heterocycles. The van der Waals surface area contributed by atoms with Crippen molar-refractivity contribution in [2.75, 3.05) is 19.6 Å². The number of nitrogens with one attached hydrogen (secondary N) is 1. The van der Waals surface area contributed by atoms with E-state index in [0.29, 0.717) is 5.92 Å². The molecule has 0 spiro atoms. The van der Waals surface area contributed by atoms with E-state index >= 15 is 0 Å². The highest BCUT2D eigenvalue weighted by molar-refractivity contribution is 5.75. The molecule has 152 valence electrons. The Balaban J connectivity index is 1.26. The van der Waals surface area contributed by atoms with Crippen LogP contribution >= 0.6 is 0 Å². The maximum atomic E-state index is 12.0. The van der Waals surface area contributed by atoms with Crippen LogP contribution in [-0.4, -0.2) is 40.2 Å². The molecular weight excluding hydrogens is 364 g/mol. The molecule has 0 saturated carbocycles. The Hall–Kier alpha value is -2.86. The number of amides is 1. The molecule has 4 rings (SSSR count). The van der Waals surface area contributed by atoms with Gasteiger partial charge in [-0.05, 0) is 62.5 Å². The van der Waals surface area contributed by atoms with Gasteiger partial charge >= 0.3 is 0 Å². The number of carbonyl (C=O) groups is 1. The smallest absolute Gasteiger partial charge is 0.241 e. The zero-order valence-electron chi connectivity index (χ0n) is 16.9. The lowest BCUT2D eigenvalue weighted by molar-refractivity contribution is -0.122. The number of piperidine rings is 1. The number of furan rings is 1. The molecule has 0 aliphatic carbocycles. The van der Waals surface area contributed by atoms with E-state index in [1.807, 2.05) is 25.1 Å². The summed E-state index contributed by atoms with van der Waals surface area (Å²) in [6, 6.07) is 14.4. The van der Waals surface area contributed by atoms with Crippen molar-refractivity contribution < 1.29 is 9.21 Å². The summed E-state index contributed by atoms with van der Waals surface area (Å²) >= 11 is 0. The summed E-state index contributed by atoms with van der Waals surface area (Å²) in [6.07, 6.45) is 5.70. The Morgan fingerprint density at radius 3 is 2.72 bits per heavy atom. The molecule has 1 fully saturated rings. The number of likely N-dealkylation sites (tertiary alicyclic amines) is 1. The van der Waals surface area contributed by atoms with Gasteiger partial charge in [-0.1, -0.05) is 24.3 Å². The van der Waals surface area contributed by atoms with Crippen molar-refractivity contribution in [3.05, 3.63) is 66.2 Å². The number of nitrogens with zero attached hydrogens (tertiary/aromatic N) is 3. The van der Waals surface area contributed by atoms with Crippen molar-refractivity contribution >= 4 is 5.91 Å². The summed E-state index contributed by atoms with van der Waals surface area (Å²) in [7, 11) is 0. The van der Waals surface area contributed by atoms with Gasteiger partial charge in [0.05, 0.1) is 0 Å². The molecule has 1 N–H and O–H groups in total. The Labute approximate surface area is 171 Å². The second kappa shape index (κ2) is 9.09. The first-order valence-electron chi connectivity index (χ1n) is 10.3. The molecule has 1 saturated heterocycles. The summed E-state index contributed by atoms with van der Waals surface area (Å²) in [5.41, 5.74) is 2.47. The van der Waals surface area contributed by atoms with Gasteiger partial charge in [-0.3, -0.25) is 14.4 Å². The first kappa shape index (κ1) is 19.5. The van der Waals surface area contributed by atoms with E-state index in [-0.39, 0.29) is 12.5 Å². The average Bonchev–Trinajstić information content (AvgIpc) is 3.40. The second-order valence-electron chi connectivity index (χ2n) is 7.79. The first-order chi connectivity index (χ1) is 14.2. The molecule has 1 amide bonds. The van der Waals surface area contributed by atoms with Crippen molar-refractivity contribution in [3.63, 3.8) is 0 Å². The van der Waals surface area contributed by atoms with Gasteiger partial charge in [0.25, 0.3) is 0 Å². The Morgan fingerprint density at radius 1 is 1.17 bits per heavy atom. The van der Waals surface area contributed by atoms with E-state index in [4.69, 9.17) is 4.42 Å². The molecule has 6 nitrogen and oxygen atoms in total. The van der Waals surface area contributed by atoms with Crippen LogP contribution in [0, 0.1) is 12.8 Å². The summed E-state index contributed by atoms with van der Waals surface area (Å²) in [5, 5.41) is 7.13. The lowest BCUT2D eigenvalue weighted by Crippen LogP contribution is -2.39. The van der Waals surface area contributed by atoms with Gasteiger partial charge in [0.2, 0.25) is 5.91 Å². The largest absolute Gasteiger partial charge is 0.461 e. The Morgan fingerprint density at radius 2 is 2.00 bits per heavy atom. The van der Waals surface area contributed by atoms with Crippen LogP contribution in [0.15, 0.2) is 59.3 Å². The molecule has 2 aromatic heterocycles. The summed E-state index contributed by atoms with van der Waals surface area (Å²) < 4.78 is 7.49. The van der Waals surface area contributed by atoms with E-state index in [0.717, 1.165) is 50.5 Å². The number of hydrogen-bond acceptors (Lipinski definition) is 4. The van der Waals surface area contributed by atoms with Crippen LogP contribution in [0.3, 0.4) is 0 Å². The predicted molar refractivity (Wildman–Crippen MR) is 112 cm³/mol. The average molecular weight is 393 g/mol. The van der Waals surface area contributed by atoms with Crippen LogP contribution in [0.5, 0.6) is 0 Å². The molecule has 0 unspecified atom stereocenters. The number of rotatable bonds is 7. The molecular formula is C23H28N4O2. The van der Waals surface area contributed by atoms with Crippen LogP contribution in [0.25, 0.3) is 11.3 Å². The molecule has 0 radical (unpaired) electrons. The maximum absolute atomic E-state index is 12.0. The third-order valence-corrected chi connectivity index (χ3v) is 5.58. The van der Waals surface area contributed by atoms with Gasteiger partial charge in [0, 0.05) is 31.0 Å². The minimum atomic E-state index is 0.0267. The van der Waals surface area contributed by atoms with Crippen LogP contribution in [0.4, 0.5) is 0 Å². The fraction of sp³-hybridized carbons (Fsp3) is 0.391. The minimum absolute atomic E-state index is 0.0267. The number of carbonyl (C=O) groups excluding carboxylic acids is 1. The number of aryl methyl sites for hydroxylation is 1. The molecule has 0 atom stereocenters. The van der Waals surface area contributed by atoms with Gasteiger partial charge < -0.3 is 9.73 Å².